The molecule has 0 spiro atoms. The number of rotatable bonds is 5. The van der Waals surface area contributed by atoms with Gasteiger partial charge in [0.15, 0.2) is 0 Å². The van der Waals surface area contributed by atoms with Crippen LogP contribution < -0.4 is 11.1 Å². The Hall–Kier alpha value is -1.44. The Kier molecular flexibility index (Phi) is 4.84. The van der Waals surface area contributed by atoms with Gasteiger partial charge in [0.25, 0.3) is 0 Å². The maximum absolute atomic E-state index is 5.81. The van der Waals surface area contributed by atoms with Gasteiger partial charge < -0.3 is 20.5 Å². The van der Waals surface area contributed by atoms with Crippen LogP contribution in [0.3, 0.4) is 0 Å². The molecule has 7 heteroatoms. The molecule has 116 valence electrons. The molecule has 1 aromatic rings. The minimum absolute atomic E-state index is 0.327. The number of morpholine rings is 1. The molecular formula is C14H23N5O2. The lowest BCUT2D eigenvalue weighted by atomic mass is 10.0. The first-order valence-corrected chi connectivity index (χ1v) is 7.57. The van der Waals surface area contributed by atoms with E-state index in [0.717, 1.165) is 70.5 Å². The number of hydrogen-bond acceptors (Lipinski definition) is 7. The molecule has 1 aromatic heterocycles. The van der Waals surface area contributed by atoms with Gasteiger partial charge in [-0.1, -0.05) is 0 Å². The minimum atomic E-state index is 0.327. The summed E-state index contributed by atoms with van der Waals surface area (Å²) in [6.07, 6.45) is 1.00. The summed E-state index contributed by atoms with van der Waals surface area (Å²) >= 11 is 0. The maximum Gasteiger partial charge on any atom is 0.222 e. The Balaban J connectivity index is 1.54. The largest absolute Gasteiger partial charge is 0.381 e. The molecule has 2 aliphatic heterocycles. The van der Waals surface area contributed by atoms with Crippen LogP contribution in [0.2, 0.25) is 0 Å². The zero-order chi connectivity index (χ0) is 14.5. The highest BCUT2D eigenvalue weighted by molar-refractivity contribution is 5.41. The molecule has 1 atom stereocenters. The zero-order valence-corrected chi connectivity index (χ0v) is 12.3. The van der Waals surface area contributed by atoms with Crippen molar-refractivity contribution in [1.82, 2.24) is 14.9 Å². The van der Waals surface area contributed by atoms with E-state index in [1.165, 1.54) is 0 Å². The van der Waals surface area contributed by atoms with Crippen molar-refractivity contribution in [3.05, 3.63) is 11.8 Å². The van der Waals surface area contributed by atoms with Gasteiger partial charge in [0.2, 0.25) is 5.95 Å². The normalized spacial score (nSPS) is 23.3. The van der Waals surface area contributed by atoms with E-state index in [1.807, 2.05) is 6.07 Å². The highest BCUT2D eigenvalue weighted by atomic mass is 16.5. The van der Waals surface area contributed by atoms with E-state index in [9.17, 15) is 0 Å². The lowest BCUT2D eigenvalue weighted by molar-refractivity contribution is 0.0398. The van der Waals surface area contributed by atoms with Crippen LogP contribution in [0, 0.1) is 0 Å². The summed E-state index contributed by atoms with van der Waals surface area (Å²) in [6, 6.07) is 2.00. The van der Waals surface area contributed by atoms with Gasteiger partial charge in [-0.05, 0) is 6.42 Å². The van der Waals surface area contributed by atoms with E-state index in [-0.39, 0.29) is 0 Å². The molecule has 0 unspecified atom stereocenters. The third-order valence-corrected chi connectivity index (χ3v) is 3.95. The lowest BCUT2D eigenvalue weighted by Gasteiger charge is -2.26. The van der Waals surface area contributed by atoms with Gasteiger partial charge in [-0.3, -0.25) is 4.90 Å². The fourth-order valence-electron chi connectivity index (χ4n) is 2.72. The number of anilines is 2. The van der Waals surface area contributed by atoms with E-state index in [1.54, 1.807) is 0 Å². The molecule has 0 amide bonds. The number of nitrogen functional groups attached to an aromatic ring is 1. The van der Waals surface area contributed by atoms with Crippen molar-refractivity contribution in [1.29, 1.82) is 0 Å². The summed E-state index contributed by atoms with van der Waals surface area (Å²) in [5.41, 5.74) is 6.79. The SMILES string of the molecule is Nc1nc(NCCN2CCOCC2)cc([C@H]2CCOC2)n1. The van der Waals surface area contributed by atoms with Crippen LogP contribution in [0.15, 0.2) is 6.07 Å². The summed E-state index contributed by atoms with van der Waals surface area (Å²) in [5, 5.41) is 3.34. The molecule has 2 fully saturated rings. The fraction of sp³-hybridized carbons (Fsp3) is 0.714. The van der Waals surface area contributed by atoms with E-state index in [0.29, 0.717) is 11.9 Å². The van der Waals surface area contributed by atoms with Crippen LogP contribution in [0.5, 0.6) is 0 Å². The van der Waals surface area contributed by atoms with Gasteiger partial charge in [0, 0.05) is 44.8 Å². The predicted octanol–water partition coefficient (Wildman–Crippen LogP) is 0.307. The molecule has 0 saturated carbocycles. The van der Waals surface area contributed by atoms with Gasteiger partial charge >= 0.3 is 0 Å². The molecule has 0 radical (unpaired) electrons. The summed E-state index contributed by atoms with van der Waals surface area (Å²) in [7, 11) is 0. The van der Waals surface area contributed by atoms with Crippen LogP contribution in [0.4, 0.5) is 11.8 Å². The molecule has 7 nitrogen and oxygen atoms in total. The van der Waals surface area contributed by atoms with Crippen molar-refractivity contribution in [2.75, 3.05) is 63.7 Å². The molecule has 0 bridgehead atoms. The van der Waals surface area contributed by atoms with Crippen LogP contribution >= 0.6 is 0 Å². The van der Waals surface area contributed by atoms with Crippen molar-refractivity contribution in [2.24, 2.45) is 0 Å². The van der Waals surface area contributed by atoms with E-state index >= 15 is 0 Å². The third-order valence-electron chi connectivity index (χ3n) is 3.95. The first-order chi connectivity index (χ1) is 10.3. The predicted molar refractivity (Wildman–Crippen MR) is 80.4 cm³/mol. The molecule has 0 aromatic carbocycles. The van der Waals surface area contributed by atoms with Gasteiger partial charge in [0.1, 0.15) is 5.82 Å². The van der Waals surface area contributed by atoms with E-state index in [2.05, 4.69) is 20.2 Å². The highest BCUT2D eigenvalue weighted by Gasteiger charge is 2.20. The first-order valence-electron chi connectivity index (χ1n) is 7.57. The Labute approximate surface area is 124 Å². The quantitative estimate of drug-likeness (QED) is 0.808. The van der Waals surface area contributed by atoms with Gasteiger partial charge in [-0.2, -0.15) is 4.98 Å². The number of nitrogens with two attached hydrogens (primary N) is 1. The minimum Gasteiger partial charge on any atom is -0.381 e. The lowest BCUT2D eigenvalue weighted by Crippen LogP contribution is -2.39. The number of nitrogens with one attached hydrogen (secondary N) is 1. The van der Waals surface area contributed by atoms with Gasteiger partial charge in [-0.15, -0.1) is 0 Å². The van der Waals surface area contributed by atoms with Gasteiger partial charge in [-0.25, -0.2) is 4.98 Å². The number of aromatic nitrogens is 2. The first kappa shape index (κ1) is 14.5. The molecule has 3 rings (SSSR count). The number of hydrogen-bond donors (Lipinski definition) is 2. The highest BCUT2D eigenvalue weighted by Crippen LogP contribution is 2.25. The van der Waals surface area contributed by atoms with Crippen molar-refractivity contribution in [3.63, 3.8) is 0 Å². The van der Waals surface area contributed by atoms with Crippen molar-refractivity contribution < 1.29 is 9.47 Å². The maximum atomic E-state index is 5.81. The molecule has 3 N–H and O–H groups in total. The molecule has 3 heterocycles. The zero-order valence-electron chi connectivity index (χ0n) is 12.3. The average Bonchev–Trinajstić information content (AvgIpc) is 3.02. The van der Waals surface area contributed by atoms with Crippen LogP contribution in [0.25, 0.3) is 0 Å². The fourth-order valence-corrected chi connectivity index (χ4v) is 2.72. The topological polar surface area (TPSA) is 85.5 Å². The summed E-state index contributed by atoms with van der Waals surface area (Å²) < 4.78 is 10.8. The smallest absolute Gasteiger partial charge is 0.222 e. The third kappa shape index (κ3) is 4.03. The standard InChI is InChI=1S/C14H23N5O2/c15-14-17-12(11-1-6-21-10-11)9-13(18-14)16-2-3-19-4-7-20-8-5-19/h9,11H,1-8,10H2,(H3,15,16,17,18)/t11-/m0/s1. The number of ether oxygens (including phenoxy) is 2. The van der Waals surface area contributed by atoms with Crippen molar-refractivity contribution in [3.8, 4) is 0 Å². The molecule has 21 heavy (non-hydrogen) atoms. The molecule has 0 aliphatic carbocycles. The molecular weight excluding hydrogens is 270 g/mol. The van der Waals surface area contributed by atoms with Crippen molar-refractivity contribution >= 4 is 11.8 Å². The Morgan fingerprint density at radius 3 is 2.86 bits per heavy atom. The van der Waals surface area contributed by atoms with Gasteiger partial charge in [0.05, 0.1) is 25.5 Å². The van der Waals surface area contributed by atoms with Crippen LogP contribution in [-0.2, 0) is 9.47 Å². The second-order valence-corrected chi connectivity index (χ2v) is 5.48. The Morgan fingerprint density at radius 1 is 1.24 bits per heavy atom. The molecule has 2 aliphatic rings. The van der Waals surface area contributed by atoms with Crippen LogP contribution in [0.1, 0.15) is 18.0 Å². The average molecular weight is 293 g/mol. The Bertz CT molecular complexity index is 459. The van der Waals surface area contributed by atoms with Crippen LogP contribution in [-0.4, -0.2) is 67.5 Å². The van der Waals surface area contributed by atoms with E-state index in [4.69, 9.17) is 15.2 Å². The van der Waals surface area contributed by atoms with E-state index < -0.39 is 0 Å². The number of nitrogens with zero attached hydrogens (tertiary/aromatic N) is 3. The van der Waals surface area contributed by atoms with Crippen molar-refractivity contribution in [2.45, 2.75) is 12.3 Å². The Morgan fingerprint density at radius 2 is 2.10 bits per heavy atom. The summed E-state index contributed by atoms with van der Waals surface area (Å²) in [6.45, 7) is 7.00. The summed E-state index contributed by atoms with van der Waals surface area (Å²) in [4.78, 5) is 11.0. The summed E-state index contributed by atoms with van der Waals surface area (Å²) in [5.74, 6) is 1.47. The molecule has 2 saturated heterocycles. The second kappa shape index (κ2) is 7.02. The second-order valence-electron chi connectivity index (χ2n) is 5.48. The monoisotopic (exact) mass is 293 g/mol.